The molecule has 0 radical (unpaired) electrons. The molecule has 0 atom stereocenters. The van der Waals surface area contributed by atoms with E-state index in [1.165, 1.54) is 5.39 Å². The second kappa shape index (κ2) is 5.68. The average Bonchev–Trinajstić information content (AvgIpc) is 2.79. The molecular formula is C19H20N2O. The lowest BCUT2D eigenvalue weighted by Gasteiger charge is -2.12. The summed E-state index contributed by atoms with van der Waals surface area (Å²) in [6.07, 6.45) is 0. The van der Waals surface area contributed by atoms with Crippen LogP contribution >= 0.6 is 0 Å². The number of amides is 1. The number of hydrogen-bond donors (Lipinski definition) is 1. The summed E-state index contributed by atoms with van der Waals surface area (Å²) in [5.41, 5.74) is 5.30. The van der Waals surface area contributed by atoms with Crippen LogP contribution in [0.3, 0.4) is 0 Å². The summed E-state index contributed by atoms with van der Waals surface area (Å²) in [6.45, 7) is 6.39. The molecule has 0 bridgehead atoms. The van der Waals surface area contributed by atoms with Crippen LogP contribution in [-0.4, -0.2) is 10.5 Å². The quantitative estimate of drug-likeness (QED) is 0.771. The van der Waals surface area contributed by atoms with Crippen molar-refractivity contribution in [2.24, 2.45) is 0 Å². The lowest BCUT2D eigenvalue weighted by molar-refractivity contribution is -0.116. The number of hydrogen-bond acceptors (Lipinski definition) is 1. The number of nitrogens with one attached hydrogen (secondary N) is 1. The average molecular weight is 292 g/mol. The second-order valence-corrected chi connectivity index (χ2v) is 5.80. The Morgan fingerprint density at radius 3 is 2.64 bits per heavy atom. The van der Waals surface area contributed by atoms with Gasteiger partial charge in [0.05, 0.1) is 0 Å². The summed E-state index contributed by atoms with van der Waals surface area (Å²) >= 11 is 0. The first-order valence-electron chi connectivity index (χ1n) is 7.46. The zero-order chi connectivity index (χ0) is 15.7. The van der Waals surface area contributed by atoms with Gasteiger partial charge in [-0.3, -0.25) is 4.79 Å². The van der Waals surface area contributed by atoms with E-state index in [1.807, 2.05) is 51.1 Å². The van der Waals surface area contributed by atoms with E-state index in [0.717, 1.165) is 28.0 Å². The van der Waals surface area contributed by atoms with Gasteiger partial charge in [-0.1, -0.05) is 30.3 Å². The molecule has 1 aromatic heterocycles. The van der Waals surface area contributed by atoms with Crippen molar-refractivity contribution >= 4 is 22.5 Å². The summed E-state index contributed by atoms with van der Waals surface area (Å²) in [5.74, 6) is -0.00171. The highest BCUT2D eigenvalue weighted by molar-refractivity contribution is 5.93. The summed E-state index contributed by atoms with van der Waals surface area (Å²) in [7, 11) is 0. The maximum atomic E-state index is 12.4. The number of para-hydroxylation sites is 1. The summed E-state index contributed by atoms with van der Waals surface area (Å²) < 4.78 is 2.05. The van der Waals surface area contributed by atoms with E-state index in [1.54, 1.807) is 0 Å². The van der Waals surface area contributed by atoms with E-state index in [4.69, 9.17) is 0 Å². The maximum Gasteiger partial charge on any atom is 0.244 e. The van der Waals surface area contributed by atoms with Crippen molar-refractivity contribution in [1.29, 1.82) is 0 Å². The number of benzene rings is 2. The Hall–Kier alpha value is -2.55. The molecule has 0 fully saturated rings. The highest BCUT2D eigenvalue weighted by Gasteiger charge is 2.10. The van der Waals surface area contributed by atoms with E-state index in [-0.39, 0.29) is 5.91 Å². The van der Waals surface area contributed by atoms with Gasteiger partial charge in [0.25, 0.3) is 0 Å². The van der Waals surface area contributed by atoms with Crippen LogP contribution in [0.1, 0.15) is 16.8 Å². The zero-order valence-electron chi connectivity index (χ0n) is 13.2. The topological polar surface area (TPSA) is 34.0 Å². The van der Waals surface area contributed by atoms with Gasteiger partial charge >= 0.3 is 0 Å². The predicted octanol–water partition coefficient (Wildman–Crippen LogP) is 4.21. The SMILES string of the molecule is Cc1ccc(C)c(NC(=O)Cn2c(C)cc3ccccc32)c1. The van der Waals surface area contributed by atoms with Crippen LogP contribution in [0, 0.1) is 20.8 Å². The molecule has 22 heavy (non-hydrogen) atoms. The molecule has 0 saturated heterocycles. The van der Waals surface area contributed by atoms with Crippen LogP contribution in [-0.2, 0) is 11.3 Å². The fourth-order valence-corrected chi connectivity index (χ4v) is 2.76. The Morgan fingerprint density at radius 1 is 1.05 bits per heavy atom. The Kier molecular flexibility index (Phi) is 3.72. The molecule has 0 aliphatic rings. The molecule has 0 aliphatic carbocycles. The normalized spacial score (nSPS) is 10.9. The zero-order valence-corrected chi connectivity index (χ0v) is 13.2. The number of fused-ring (bicyclic) bond motifs is 1. The van der Waals surface area contributed by atoms with E-state index in [2.05, 4.69) is 28.1 Å². The number of carbonyl (C=O) groups excluding carboxylic acids is 1. The molecule has 0 spiro atoms. The second-order valence-electron chi connectivity index (χ2n) is 5.80. The fourth-order valence-electron chi connectivity index (χ4n) is 2.76. The highest BCUT2D eigenvalue weighted by atomic mass is 16.1. The Morgan fingerprint density at radius 2 is 1.82 bits per heavy atom. The van der Waals surface area contributed by atoms with Gasteiger partial charge in [-0.2, -0.15) is 0 Å². The number of carbonyl (C=O) groups is 1. The fraction of sp³-hybridized carbons (Fsp3) is 0.211. The third-order valence-corrected chi connectivity index (χ3v) is 3.99. The van der Waals surface area contributed by atoms with E-state index < -0.39 is 0 Å². The highest BCUT2D eigenvalue weighted by Crippen LogP contribution is 2.20. The van der Waals surface area contributed by atoms with E-state index in [9.17, 15) is 4.79 Å². The minimum Gasteiger partial charge on any atom is -0.335 e. The number of rotatable bonds is 3. The van der Waals surface area contributed by atoms with Gasteiger partial charge in [-0.25, -0.2) is 0 Å². The molecule has 3 heteroatoms. The number of nitrogens with zero attached hydrogens (tertiary/aromatic N) is 1. The van der Waals surface area contributed by atoms with Crippen LogP contribution in [0.2, 0.25) is 0 Å². The number of aryl methyl sites for hydroxylation is 3. The summed E-state index contributed by atoms with van der Waals surface area (Å²) in [5, 5.41) is 4.19. The minimum atomic E-state index is -0.00171. The third-order valence-electron chi connectivity index (χ3n) is 3.99. The Labute approximate surface area is 130 Å². The van der Waals surface area contributed by atoms with Gasteiger partial charge in [0.1, 0.15) is 6.54 Å². The van der Waals surface area contributed by atoms with Crippen molar-refractivity contribution in [2.45, 2.75) is 27.3 Å². The third kappa shape index (κ3) is 2.75. The molecule has 1 N–H and O–H groups in total. The van der Waals surface area contributed by atoms with Crippen molar-refractivity contribution in [3.8, 4) is 0 Å². The van der Waals surface area contributed by atoms with E-state index >= 15 is 0 Å². The monoisotopic (exact) mass is 292 g/mol. The molecule has 1 heterocycles. The lowest BCUT2D eigenvalue weighted by Crippen LogP contribution is -2.19. The number of anilines is 1. The predicted molar refractivity (Wildman–Crippen MR) is 91.2 cm³/mol. The Balaban J connectivity index is 1.84. The molecule has 0 saturated carbocycles. The molecular weight excluding hydrogens is 272 g/mol. The van der Waals surface area contributed by atoms with Crippen molar-refractivity contribution in [3.63, 3.8) is 0 Å². The molecule has 1 amide bonds. The van der Waals surface area contributed by atoms with E-state index in [0.29, 0.717) is 6.54 Å². The molecule has 2 aromatic carbocycles. The first kappa shape index (κ1) is 14.4. The van der Waals surface area contributed by atoms with Gasteiger partial charge in [-0.15, -0.1) is 0 Å². The molecule has 112 valence electrons. The van der Waals surface area contributed by atoms with Crippen molar-refractivity contribution in [1.82, 2.24) is 4.57 Å². The van der Waals surface area contributed by atoms with Gasteiger partial charge in [0, 0.05) is 16.9 Å². The minimum absolute atomic E-state index is 0.00171. The van der Waals surface area contributed by atoms with Crippen molar-refractivity contribution in [3.05, 3.63) is 65.4 Å². The van der Waals surface area contributed by atoms with Crippen LogP contribution < -0.4 is 5.32 Å². The summed E-state index contributed by atoms with van der Waals surface area (Å²) in [6, 6.07) is 16.3. The van der Waals surface area contributed by atoms with Gasteiger partial charge < -0.3 is 9.88 Å². The lowest BCUT2D eigenvalue weighted by atomic mass is 10.1. The standard InChI is InChI=1S/C19H20N2O/c1-13-8-9-14(2)17(10-13)20-19(22)12-21-15(3)11-16-6-4-5-7-18(16)21/h4-11H,12H2,1-3H3,(H,20,22). The first-order valence-corrected chi connectivity index (χ1v) is 7.46. The van der Waals surface area contributed by atoms with Crippen LogP contribution in [0.15, 0.2) is 48.5 Å². The molecule has 3 rings (SSSR count). The van der Waals surface area contributed by atoms with Crippen LogP contribution in [0.25, 0.3) is 10.9 Å². The molecule has 3 nitrogen and oxygen atoms in total. The van der Waals surface area contributed by atoms with Gasteiger partial charge in [0.15, 0.2) is 0 Å². The summed E-state index contributed by atoms with van der Waals surface area (Å²) in [4.78, 5) is 12.4. The van der Waals surface area contributed by atoms with Crippen molar-refractivity contribution in [2.75, 3.05) is 5.32 Å². The number of aromatic nitrogens is 1. The largest absolute Gasteiger partial charge is 0.335 e. The first-order chi connectivity index (χ1) is 10.5. The van der Waals surface area contributed by atoms with Crippen LogP contribution in [0.5, 0.6) is 0 Å². The molecule has 0 aliphatic heterocycles. The van der Waals surface area contributed by atoms with Gasteiger partial charge in [-0.05, 0) is 55.5 Å². The maximum absolute atomic E-state index is 12.4. The Bertz CT molecular complexity index is 846. The van der Waals surface area contributed by atoms with Crippen LogP contribution in [0.4, 0.5) is 5.69 Å². The molecule has 3 aromatic rings. The smallest absolute Gasteiger partial charge is 0.244 e. The van der Waals surface area contributed by atoms with Crippen molar-refractivity contribution < 1.29 is 4.79 Å². The van der Waals surface area contributed by atoms with Gasteiger partial charge in [0.2, 0.25) is 5.91 Å². The molecule has 0 unspecified atom stereocenters.